The van der Waals surface area contributed by atoms with Crippen molar-refractivity contribution in [3.8, 4) is 17.2 Å². The minimum Gasteiger partial charge on any atom is -0.497 e. The van der Waals surface area contributed by atoms with E-state index in [0.29, 0.717) is 22.9 Å². The quantitative estimate of drug-likeness (QED) is 0.729. The van der Waals surface area contributed by atoms with Gasteiger partial charge >= 0.3 is 0 Å². The number of nitrogens with zero attached hydrogens (tertiary/aromatic N) is 1. The molecule has 0 fully saturated rings. The molecule has 25 heavy (non-hydrogen) atoms. The Bertz CT molecular complexity index is 925. The Kier molecular flexibility index (Phi) is 4.85. The monoisotopic (exact) mass is 356 g/mol. The second-order valence-corrected chi connectivity index (χ2v) is 6.77. The number of hydrogen-bond acceptors (Lipinski definition) is 5. The number of methoxy groups -OCH3 is 1. The summed E-state index contributed by atoms with van der Waals surface area (Å²) in [5.74, 6) is 1.84. The maximum atomic E-state index is 12.4. The van der Waals surface area contributed by atoms with Gasteiger partial charge in [0.15, 0.2) is 0 Å². The third-order valence-electron chi connectivity index (χ3n) is 3.36. The second-order valence-electron chi connectivity index (χ2n) is 5.09. The topological polar surface area (TPSA) is 77.5 Å². The molecular formula is C18H16N2O4S. The summed E-state index contributed by atoms with van der Waals surface area (Å²) in [6, 6.07) is 16.3. The van der Waals surface area contributed by atoms with Crippen molar-refractivity contribution in [1.29, 1.82) is 0 Å². The summed E-state index contributed by atoms with van der Waals surface area (Å²) in [5.41, 5.74) is 0.442. The molecule has 128 valence electrons. The lowest BCUT2D eigenvalue weighted by atomic mass is 10.3. The van der Waals surface area contributed by atoms with E-state index in [-0.39, 0.29) is 4.90 Å². The van der Waals surface area contributed by atoms with Gasteiger partial charge in [0.05, 0.1) is 12.0 Å². The number of pyridine rings is 1. The number of hydrogen-bond donors (Lipinski definition) is 1. The van der Waals surface area contributed by atoms with Crippen LogP contribution in [0.25, 0.3) is 0 Å². The largest absolute Gasteiger partial charge is 0.497 e. The average Bonchev–Trinajstić information content (AvgIpc) is 2.64. The van der Waals surface area contributed by atoms with E-state index in [4.69, 9.17) is 9.47 Å². The van der Waals surface area contributed by atoms with E-state index in [0.717, 1.165) is 0 Å². The van der Waals surface area contributed by atoms with Gasteiger partial charge in [0.1, 0.15) is 17.2 Å². The highest BCUT2D eigenvalue weighted by Crippen LogP contribution is 2.24. The summed E-state index contributed by atoms with van der Waals surface area (Å²) in [6.07, 6.45) is 3.26. The zero-order valence-electron chi connectivity index (χ0n) is 13.4. The van der Waals surface area contributed by atoms with Crippen LogP contribution in [0.15, 0.2) is 78.0 Å². The first-order valence-corrected chi connectivity index (χ1v) is 8.90. The Labute approximate surface area is 146 Å². The van der Waals surface area contributed by atoms with E-state index in [1.54, 1.807) is 60.9 Å². The summed E-state index contributed by atoms with van der Waals surface area (Å²) in [6.45, 7) is 0. The molecule has 0 aliphatic heterocycles. The van der Waals surface area contributed by atoms with Gasteiger partial charge in [-0.3, -0.25) is 9.71 Å². The smallest absolute Gasteiger partial charge is 0.261 e. The summed E-state index contributed by atoms with van der Waals surface area (Å²) in [7, 11) is -2.14. The first kappa shape index (κ1) is 16.8. The highest BCUT2D eigenvalue weighted by molar-refractivity contribution is 7.92. The van der Waals surface area contributed by atoms with Gasteiger partial charge in [-0.15, -0.1) is 0 Å². The van der Waals surface area contributed by atoms with Crippen LogP contribution in [-0.2, 0) is 10.0 Å². The third-order valence-corrected chi connectivity index (χ3v) is 4.76. The van der Waals surface area contributed by atoms with Gasteiger partial charge in [-0.05, 0) is 60.7 Å². The molecule has 0 radical (unpaired) electrons. The van der Waals surface area contributed by atoms with Gasteiger partial charge in [-0.25, -0.2) is 8.42 Å². The zero-order valence-corrected chi connectivity index (χ0v) is 14.2. The fourth-order valence-electron chi connectivity index (χ4n) is 2.10. The molecule has 1 aromatic heterocycles. The minimum absolute atomic E-state index is 0.158. The van der Waals surface area contributed by atoms with E-state index in [1.165, 1.54) is 19.2 Å². The van der Waals surface area contributed by atoms with Gasteiger partial charge in [-0.2, -0.15) is 0 Å². The van der Waals surface area contributed by atoms with Crippen LogP contribution in [-0.4, -0.2) is 20.5 Å². The van der Waals surface area contributed by atoms with Crippen molar-refractivity contribution in [3.05, 3.63) is 73.1 Å². The van der Waals surface area contributed by atoms with Gasteiger partial charge in [0, 0.05) is 18.1 Å². The van der Waals surface area contributed by atoms with Crippen LogP contribution in [0.5, 0.6) is 17.2 Å². The molecule has 0 unspecified atom stereocenters. The fraction of sp³-hybridized carbons (Fsp3) is 0.0556. The standard InChI is InChI=1S/C18H16N2O4S/c1-23-15-6-8-18(9-7-15)25(21,22)20-14-2-4-16(5-3-14)24-17-10-12-19-13-11-17/h2-13,20H,1H3. The molecule has 0 aliphatic carbocycles. The number of sulfonamides is 1. The Hall–Kier alpha value is -3.06. The maximum absolute atomic E-state index is 12.4. The Morgan fingerprint density at radius 1 is 0.800 bits per heavy atom. The number of nitrogens with one attached hydrogen (secondary N) is 1. The van der Waals surface area contributed by atoms with Crippen molar-refractivity contribution >= 4 is 15.7 Å². The van der Waals surface area contributed by atoms with Crippen molar-refractivity contribution in [2.75, 3.05) is 11.8 Å². The summed E-state index contributed by atoms with van der Waals surface area (Å²) in [5, 5.41) is 0. The molecule has 0 saturated carbocycles. The number of aromatic nitrogens is 1. The van der Waals surface area contributed by atoms with Gasteiger partial charge in [0.2, 0.25) is 0 Å². The van der Waals surface area contributed by atoms with Crippen LogP contribution in [0.3, 0.4) is 0 Å². The fourth-order valence-corrected chi connectivity index (χ4v) is 3.16. The molecule has 3 aromatic rings. The molecule has 1 N–H and O–H groups in total. The lowest BCUT2D eigenvalue weighted by Crippen LogP contribution is -2.12. The van der Waals surface area contributed by atoms with Crippen LogP contribution >= 0.6 is 0 Å². The van der Waals surface area contributed by atoms with E-state index in [1.807, 2.05) is 0 Å². The molecule has 6 nitrogen and oxygen atoms in total. The first-order valence-electron chi connectivity index (χ1n) is 7.42. The third kappa shape index (κ3) is 4.27. The Morgan fingerprint density at radius 2 is 1.36 bits per heavy atom. The van der Waals surface area contributed by atoms with Crippen molar-refractivity contribution < 1.29 is 17.9 Å². The summed E-state index contributed by atoms with van der Waals surface area (Å²) >= 11 is 0. The van der Waals surface area contributed by atoms with Gasteiger partial charge < -0.3 is 9.47 Å². The van der Waals surface area contributed by atoms with Crippen LogP contribution in [0.1, 0.15) is 0 Å². The van der Waals surface area contributed by atoms with Crippen molar-refractivity contribution in [2.45, 2.75) is 4.90 Å². The van der Waals surface area contributed by atoms with Crippen LogP contribution in [0, 0.1) is 0 Å². The highest BCUT2D eigenvalue weighted by atomic mass is 32.2. The average molecular weight is 356 g/mol. The van der Waals surface area contributed by atoms with Crippen molar-refractivity contribution in [3.63, 3.8) is 0 Å². The van der Waals surface area contributed by atoms with Crippen LogP contribution in [0.2, 0.25) is 0 Å². The van der Waals surface area contributed by atoms with Crippen LogP contribution < -0.4 is 14.2 Å². The Morgan fingerprint density at radius 3 is 1.96 bits per heavy atom. The summed E-state index contributed by atoms with van der Waals surface area (Å²) < 4.78 is 38.0. The van der Waals surface area contributed by atoms with Crippen molar-refractivity contribution in [1.82, 2.24) is 4.98 Å². The van der Waals surface area contributed by atoms with Gasteiger partial charge in [0.25, 0.3) is 10.0 Å². The predicted molar refractivity (Wildman–Crippen MR) is 94.6 cm³/mol. The lowest BCUT2D eigenvalue weighted by molar-refractivity contribution is 0.414. The second kappa shape index (κ2) is 7.23. The SMILES string of the molecule is COc1ccc(S(=O)(=O)Nc2ccc(Oc3ccncc3)cc2)cc1. The molecule has 0 bridgehead atoms. The highest BCUT2D eigenvalue weighted by Gasteiger charge is 2.14. The van der Waals surface area contributed by atoms with Gasteiger partial charge in [-0.1, -0.05) is 0 Å². The lowest BCUT2D eigenvalue weighted by Gasteiger charge is -2.10. The molecule has 0 aliphatic rings. The zero-order chi connectivity index (χ0) is 17.7. The van der Waals surface area contributed by atoms with E-state index < -0.39 is 10.0 Å². The summed E-state index contributed by atoms with van der Waals surface area (Å²) in [4.78, 5) is 4.07. The molecular weight excluding hydrogens is 340 g/mol. The minimum atomic E-state index is -3.66. The van der Waals surface area contributed by atoms with E-state index in [9.17, 15) is 8.42 Å². The molecule has 2 aromatic carbocycles. The Balaban J connectivity index is 1.71. The first-order chi connectivity index (χ1) is 12.1. The number of benzene rings is 2. The van der Waals surface area contributed by atoms with Crippen LogP contribution in [0.4, 0.5) is 5.69 Å². The molecule has 0 amide bonds. The molecule has 3 rings (SSSR count). The van der Waals surface area contributed by atoms with E-state index >= 15 is 0 Å². The molecule has 7 heteroatoms. The normalized spacial score (nSPS) is 10.9. The maximum Gasteiger partial charge on any atom is 0.261 e. The molecule has 0 saturated heterocycles. The molecule has 0 spiro atoms. The number of ether oxygens (including phenoxy) is 2. The van der Waals surface area contributed by atoms with E-state index in [2.05, 4.69) is 9.71 Å². The number of rotatable bonds is 6. The number of anilines is 1. The van der Waals surface area contributed by atoms with Crippen molar-refractivity contribution in [2.24, 2.45) is 0 Å². The molecule has 1 heterocycles. The molecule has 0 atom stereocenters. The predicted octanol–water partition coefficient (Wildman–Crippen LogP) is 3.68.